The Bertz CT molecular complexity index is 541. The first-order valence-electron chi connectivity index (χ1n) is 6.73. The summed E-state index contributed by atoms with van der Waals surface area (Å²) in [6.07, 6.45) is 5.28. The molecule has 0 unspecified atom stereocenters. The maximum absolute atomic E-state index is 11.6. The van der Waals surface area contributed by atoms with Crippen molar-refractivity contribution in [2.24, 2.45) is 0 Å². The topological polar surface area (TPSA) is 78.4 Å². The van der Waals surface area contributed by atoms with Gasteiger partial charge < -0.3 is 4.90 Å². The second-order valence-corrected chi connectivity index (χ2v) is 6.96. The van der Waals surface area contributed by atoms with Gasteiger partial charge in [-0.3, -0.25) is 0 Å². The molecule has 1 aliphatic heterocycles. The van der Waals surface area contributed by atoms with Gasteiger partial charge in [-0.05, 0) is 25.3 Å². The quantitative estimate of drug-likeness (QED) is 0.849. The summed E-state index contributed by atoms with van der Waals surface area (Å²) in [7, 11) is -0.485. The number of rotatable bonds is 5. The molecule has 0 bridgehead atoms. The van der Waals surface area contributed by atoms with Crippen molar-refractivity contribution in [2.45, 2.75) is 25.8 Å². The fourth-order valence-corrected chi connectivity index (χ4v) is 2.63. The minimum absolute atomic E-state index is 0.0994. The van der Waals surface area contributed by atoms with Crippen LogP contribution in [-0.2, 0) is 16.8 Å². The first-order chi connectivity index (χ1) is 9.49. The van der Waals surface area contributed by atoms with E-state index in [1.165, 1.54) is 33.4 Å². The first-order valence-corrected chi connectivity index (χ1v) is 8.17. The fraction of sp³-hybridized carbons (Fsp3) is 0.667. The molecule has 1 aliphatic rings. The van der Waals surface area contributed by atoms with E-state index in [1.807, 2.05) is 6.07 Å². The molecule has 0 aliphatic carbocycles. The third kappa shape index (κ3) is 3.87. The molecule has 0 saturated carbocycles. The third-order valence-corrected chi connectivity index (χ3v) is 4.73. The van der Waals surface area contributed by atoms with Gasteiger partial charge in [0.2, 0.25) is 0 Å². The lowest BCUT2D eigenvalue weighted by Crippen LogP contribution is -2.36. The monoisotopic (exact) mass is 299 g/mol. The first kappa shape index (κ1) is 15.1. The van der Waals surface area contributed by atoms with Crippen LogP contribution in [0, 0.1) is 0 Å². The number of nitrogens with one attached hydrogen (secondary N) is 1. The minimum atomic E-state index is -3.44. The van der Waals surface area contributed by atoms with Crippen molar-refractivity contribution in [1.29, 1.82) is 0 Å². The van der Waals surface area contributed by atoms with Crippen molar-refractivity contribution in [3.05, 3.63) is 18.1 Å². The summed E-state index contributed by atoms with van der Waals surface area (Å²) in [5, 5.41) is 0. The number of anilines is 1. The second kappa shape index (κ2) is 6.47. The van der Waals surface area contributed by atoms with Crippen LogP contribution in [0.2, 0.25) is 0 Å². The van der Waals surface area contributed by atoms with Crippen LogP contribution in [0.15, 0.2) is 12.3 Å². The maximum Gasteiger partial charge on any atom is 0.279 e. The van der Waals surface area contributed by atoms with Crippen LogP contribution in [0.25, 0.3) is 0 Å². The van der Waals surface area contributed by atoms with E-state index < -0.39 is 10.2 Å². The highest BCUT2D eigenvalue weighted by atomic mass is 32.2. The van der Waals surface area contributed by atoms with E-state index in [-0.39, 0.29) is 6.54 Å². The average Bonchev–Trinajstić information content (AvgIpc) is 2.46. The molecule has 0 aromatic carbocycles. The van der Waals surface area contributed by atoms with Crippen molar-refractivity contribution in [3.63, 3.8) is 0 Å². The van der Waals surface area contributed by atoms with E-state index in [2.05, 4.69) is 19.6 Å². The van der Waals surface area contributed by atoms with Gasteiger partial charge in [-0.2, -0.15) is 17.4 Å². The van der Waals surface area contributed by atoms with Crippen LogP contribution in [0.5, 0.6) is 0 Å². The maximum atomic E-state index is 11.6. The van der Waals surface area contributed by atoms with Gasteiger partial charge in [0.15, 0.2) is 0 Å². The highest BCUT2D eigenvalue weighted by Gasteiger charge is 2.15. The van der Waals surface area contributed by atoms with Gasteiger partial charge in [0.1, 0.15) is 11.6 Å². The zero-order valence-electron chi connectivity index (χ0n) is 11.9. The zero-order chi connectivity index (χ0) is 14.6. The van der Waals surface area contributed by atoms with E-state index in [0.29, 0.717) is 5.82 Å². The molecule has 8 heteroatoms. The fourth-order valence-electron chi connectivity index (χ4n) is 2.06. The highest BCUT2D eigenvalue weighted by molar-refractivity contribution is 7.87. The summed E-state index contributed by atoms with van der Waals surface area (Å²) < 4.78 is 26.9. The molecular formula is C12H21N5O2S. The molecule has 20 heavy (non-hydrogen) atoms. The van der Waals surface area contributed by atoms with Gasteiger partial charge in [0.05, 0.1) is 6.54 Å². The summed E-state index contributed by atoms with van der Waals surface area (Å²) in [5.74, 6) is 1.36. The standard InChI is InChI=1S/C12H21N5O2S/c1-16(2)20(18,19)14-10-11-13-7-6-12(15-11)17-8-4-3-5-9-17/h6-7,14H,3-5,8-10H2,1-2H3. The predicted octanol–water partition coefficient (Wildman–Crippen LogP) is 0.363. The zero-order valence-corrected chi connectivity index (χ0v) is 12.7. The molecule has 1 fully saturated rings. The summed E-state index contributed by atoms with van der Waals surface area (Å²) in [6.45, 7) is 2.10. The normalized spacial score (nSPS) is 16.6. The van der Waals surface area contributed by atoms with Gasteiger partial charge in [-0.15, -0.1) is 0 Å². The van der Waals surface area contributed by atoms with E-state index >= 15 is 0 Å². The van der Waals surface area contributed by atoms with Crippen molar-refractivity contribution >= 4 is 16.0 Å². The smallest absolute Gasteiger partial charge is 0.279 e. The number of piperidine rings is 1. The third-order valence-electron chi connectivity index (χ3n) is 3.26. The van der Waals surface area contributed by atoms with Gasteiger partial charge in [-0.25, -0.2) is 9.97 Å². The molecule has 112 valence electrons. The lowest BCUT2D eigenvalue weighted by molar-refractivity contribution is 0.503. The number of nitrogens with zero attached hydrogens (tertiary/aromatic N) is 4. The van der Waals surface area contributed by atoms with Crippen LogP contribution in [-0.4, -0.2) is 49.9 Å². The molecule has 1 saturated heterocycles. The van der Waals surface area contributed by atoms with Crippen molar-refractivity contribution in [2.75, 3.05) is 32.1 Å². The molecule has 2 rings (SSSR count). The molecule has 7 nitrogen and oxygen atoms in total. The average molecular weight is 299 g/mol. The van der Waals surface area contributed by atoms with E-state index in [1.54, 1.807) is 6.20 Å². The summed E-state index contributed by atoms with van der Waals surface area (Å²) in [4.78, 5) is 10.8. The molecule has 1 N–H and O–H groups in total. The lowest BCUT2D eigenvalue weighted by atomic mass is 10.1. The van der Waals surface area contributed by atoms with E-state index in [0.717, 1.165) is 23.2 Å². The Balaban J connectivity index is 2.02. The minimum Gasteiger partial charge on any atom is -0.357 e. The Morgan fingerprint density at radius 2 is 2.00 bits per heavy atom. The Morgan fingerprint density at radius 3 is 2.65 bits per heavy atom. The van der Waals surface area contributed by atoms with Gasteiger partial charge in [0, 0.05) is 33.4 Å². The van der Waals surface area contributed by atoms with Crippen molar-refractivity contribution in [3.8, 4) is 0 Å². The highest BCUT2D eigenvalue weighted by Crippen LogP contribution is 2.16. The molecule has 0 atom stereocenters. The molecule has 0 radical (unpaired) electrons. The van der Waals surface area contributed by atoms with Gasteiger partial charge in [0.25, 0.3) is 10.2 Å². The summed E-state index contributed by atoms with van der Waals surface area (Å²) in [5.41, 5.74) is 0. The molecule has 1 aromatic rings. The Kier molecular flexibility index (Phi) is 4.90. The Hall–Kier alpha value is -1.25. The molecular weight excluding hydrogens is 278 g/mol. The summed E-state index contributed by atoms with van der Waals surface area (Å²) >= 11 is 0. The van der Waals surface area contributed by atoms with Crippen LogP contribution in [0.1, 0.15) is 25.1 Å². The number of aromatic nitrogens is 2. The largest absolute Gasteiger partial charge is 0.357 e. The van der Waals surface area contributed by atoms with Crippen LogP contribution in [0.3, 0.4) is 0 Å². The Morgan fingerprint density at radius 1 is 1.30 bits per heavy atom. The van der Waals surface area contributed by atoms with Crippen LogP contribution < -0.4 is 9.62 Å². The molecule has 0 spiro atoms. The lowest BCUT2D eigenvalue weighted by Gasteiger charge is -2.27. The second-order valence-electron chi connectivity index (χ2n) is 4.99. The predicted molar refractivity (Wildman–Crippen MR) is 77.5 cm³/mol. The molecule has 0 amide bonds. The Labute approximate surface area is 120 Å². The number of hydrogen-bond donors (Lipinski definition) is 1. The van der Waals surface area contributed by atoms with Gasteiger partial charge in [-0.1, -0.05) is 0 Å². The molecule has 2 heterocycles. The number of hydrogen-bond acceptors (Lipinski definition) is 5. The van der Waals surface area contributed by atoms with Gasteiger partial charge >= 0.3 is 0 Å². The molecule has 1 aromatic heterocycles. The van der Waals surface area contributed by atoms with Crippen molar-refractivity contribution in [1.82, 2.24) is 19.0 Å². The summed E-state index contributed by atoms with van der Waals surface area (Å²) in [6, 6.07) is 1.87. The SMILES string of the molecule is CN(C)S(=O)(=O)NCc1nccc(N2CCCCC2)n1. The van der Waals surface area contributed by atoms with Crippen LogP contribution in [0.4, 0.5) is 5.82 Å². The van der Waals surface area contributed by atoms with Crippen molar-refractivity contribution < 1.29 is 8.42 Å². The van der Waals surface area contributed by atoms with E-state index in [4.69, 9.17) is 0 Å². The van der Waals surface area contributed by atoms with Crippen LogP contribution >= 0.6 is 0 Å². The van der Waals surface area contributed by atoms with E-state index in [9.17, 15) is 8.42 Å².